The maximum atomic E-state index is 8.70. The van der Waals surface area contributed by atoms with Crippen LogP contribution in [0.5, 0.6) is 0 Å². The number of hydrogen-bond donors (Lipinski definition) is 2. The maximum absolute atomic E-state index is 8.70. The van der Waals surface area contributed by atoms with Crippen LogP contribution in [0.1, 0.15) is 16.7 Å². The Balaban J connectivity index is 2.99. The first-order valence-electron chi connectivity index (χ1n) is 4.26. The second kappa shape index (κ2) is 4.77. The van der Waals surface area contributed by atoms with Crippen LogP contribution in [0.15, 0.2) is 28.4 Å². The Morgan fingerprint density at radius 2 is 2.20 bits per heavy atom. The molecule has 0 aliphatic heterocycles. The van der Waals surface area contributed by atoms with E-state index in [4.69, 9.17) is 16.7 Å². The molecule has 0 spiro atoms. The fourth-order valence-corrected chi connectivity index (χ4v) is 1.01. The van der Waals surface area contributed by atoms with Crippen LogP contribution >= 0.6 is 0 Å². The van der Waals surface area contributed by atoms with E-state index in [0.717, 1.165) is 11.1 Å². The molecule has 0 amide bonds. The lowest BCUT2D eigenvalue weighted by Gasteiger charge is -1.98. The molecule has 0 saturated heterocycles. The number of benzene rings is 1. The Morgan fingerprint density at radius 1 is 1.47 bits per heavy atom. The number of aryl methyl sites for hydroxylation is 1. The highest BCUT2D eigenvalue weighted by atomic mass is 15.3. The number of nitrogens with two attached hydrogens (primary N) is 2. The second-order valence-corrected chi connectivity index (χ2v) is 2.95. The number of nitriles is 1. The molecule has 0 saturated carbocycles. The van der Waals surface area contributed by atoms with Gasteiger partial charge in [0.1, 0.15) is 0 Å². The molecular formula is C10H11N5. The zero-order valence-electron chi connectivity index (χ0n) is 8.31. The van der Waals surface area contributed by atoms with Crippen molar-refractivity contribution in [2.75, 3.05) is 0 Å². The molecule has 0 unspecified atom stereocenters. The highest BCUT2D eigenvalue weighted by Gasteiger charge is 1.96. The van der Waals surface area contributed by atoms with Gasteiger partial charge in [-0.15, -0.1) is 5.10 Å². The van der Waals surface area contributed by atoms with Crippen molar-refractivity contribution in [1.82, 2.24) is 0 Å². The molecule has 0 aliphatic rings. The highest BCUT2D eigenvalue weighted by Crippen LogP contribution is 2.08. The number of rotatable bonds is 2. The second-order valence-electron chi connectivity index (χ2n) is 2.95. The number of nitrogens with zero attached hydrogens (tertiary/aromatic N) is 3. The Kier molecular flexibility index (Phi) is 3.41. The van der Waals surface area contributed by atoms with E-state index in [9.17, 15) is 0 Å². The van der Waals surface area contributed by atoms with E-state index in [0.29, 0.717) is 5.56 Å². The van der Waals surface area contributed by atoms with Gasteiger partial charge in [0.15, 0.2) is 0 Å². The maximum Gasteiger partial charge on any atom is 0.211 e. The average Bonchev–Trinajstić information content (AvgIpc) is 2.20. The van der Waals surface area contributed by atoms with Crippen molar-refractivity contribution < 1.29 is 0 Å². The average molecular weight is 201 g/mol. The smallest absolute Gasteiger partial charge is 0.211 e. The number of guanidine groups is 1. The third-order valence-corrected chi connectivity index (χ3v) is 1.78. The molecule has 0 fully saturated rings. The molecule has 5 nitrogen and oxygen atoms in total. The van der Waals surface area contributed by atoms with Gasteiger partial charge >= 0.3 is 0 Å². The largest absolute Gasteiger partial charge is 0.369 e. The molecule has 1 aromatic rings. The van der Waals surface area contributed by atoms with E-state index < -0.39 is 0 Å². The van der Waals surface area contributed by atoms with E-state index in [-0.39, 0.29) is 5.96 Å². The van der Waals surface area contributed by atoms with Crippen molar-refractivity contribution in [2.45, 2.75) is 6.92 Å². The molecule has 1 aromatic carbocycles. The minimum atomic E-state index is -0.0969. The van der Waals surface area contributed by atoms with Crippen molar-refractivity contribution in [1.29, 1.82) is 5.26 Å². The molecule has 0 aliphatic carbocycles. The van der Waals surface area contributed by atoms with Crippen LogP contribution in [0.2, 0.25) is 0 Å². The molecule has 76 valence electrons. The predicted molar refractivity (Wildman–Crippen MR) is 59.3 cm³/mol. The van der Waals surface area contributed by atoms with Crippen molar-refractivity contribution in [3.05, 3.63) is 34.9 Å². The van der Waals surface area contributed by atoms with Crippen LogP contribution in [0.4, 0.5) is 0 Å². The van der Waals surface area contributed by atoms with Crippen molar-refractivity contribution >= 4 is 12.2 Å². The van der Waals surface area contributed by atoms with Crippen molar-refractivity contribution in [3.63, 3.8) is 0 Å². The first-order chi connectivity index (χ1) is 7.13. The normalized spacial score (nSPS) is 9.87. The minimum absolute atomic E-state index is 0.0969. The van der Waals surface area contributed by atoms with Gasteiger partial charge in [0.25, 0.3) is 0 Å². The summed E-state index contributed by atoms with van der Waals surface area (Å²) in [6, 6.07) is 7.36. The molecule has 15 heavy (non-hydrogen) atoms. The fourth-order valence-electron chi connectivity index (χ4n) is 1.01. The zero-order chi connectivity index (χ0) is 11.3. The predicted octanol–water partition coefficient (Wildman–Crippen LogP) is 0.474. The SMILES string of the molecule is Cc1ccc(C#N)cc1C=NN=C(N)N. The minimum Gasteiger partial charge on any atom is -0.369 e. The monoisotopic (exact) mass is 201 g/mol. The summed E-state index contributed by atoms with van der Waals surface area (Å²) < 4.78 is 0. The van der Waals surface area contributed by atoms with Gasteiger partial charge in [-0.2, -0.15) is 10.4 Å². The summed E-state index contributed by atoms with van der Waals surface area (Å²) in [5.74, 6) is -0.0969. The van der Waals surface area contributed by atoms with Crippen LogP contribution in [0.25, 0.3) is 0 Å². The molecule has 0 heterocycles. The summed E-state index contributed by atoms with van der Waals surface area (Å²) in [5, 5.41) is 15.9. The molecule has 4 N–H and O–H groups in total. The van der Waals surface area contributed by atoms with Crippen molar-refractivity contribution in [2.24, 2.45) is 21.7 Å². The lowest BCUT2D eigenvalue weighted by atomic mass is 10.1. The molecular weight excluding hydrogens is 190 g/mol. The third kappa shape index (κ3) is 3.12. The van der Waals surface area contributed by atoms with Crippen LogP contribution in [0.3, 0.4) is 0 Å². The highest BCUT2D eigenvalue weighted by molar-refractivity contribution is 5.83. The van der Waals surface area contributed by atoms with E-state index in [2.05, 4.69) is 10.2 Å². The van der Waals surface area contributed by atoms with Crippen molar-refractivity contribution in [3.8, 4) is 6.07 Å². The summed E-state index contributed by atoms with van der Waals surface area (Å²) in [6.45, 7) is 1.91. The summed E-state index contributed by atoms with van der Waals surface area (Å²) >= 11 is 0. The van der Waals surface area contributed by atoms with Gasteiger partial charge in [-0.3, -0.25) is 0 Å². The molecule has 5 heteroatoms. The number of hydrogen-bond acceptors (Lipinski definition) is 3. The first kappa shape index (κ1) is 10.7. The third-order valence-electron chi connectivity index (χ3n) is 1.78. The molecule has 0 radical (unpaired) electrons. The van der Waals surface area contributed by atoms with Gasteiger partial charge in [0, 0.05) is 0 Å². The Bertz CT molecular complexity index is 449. The van der Waals surface area contributed by atoms with Gasteiger partial charge in [-0.25, -0.2) is 0 Å². The topological polar surface area (TPSA) is 101 Å². The molecule has 0 bridgehead atoms. The lowest BCUT2D eigenvalue weighted by Crippen LogP contribution is -2.21. The van der Waals surface area contributed by atoms with E-state index >= 15 is 0 Å². The lowest BCUT2D eigenvalue weighted by molar-refractivity contribution is 1.21. The first-order valence-corrected chi connectivity index (χ1v) is 4.26. The molecule has 0 atom stereocenters. The van der Waals surface area contributed by atoms with E-state index in [1.54, 1.807) is 12.1 Å². The van der Waals surface area contributed by atoms with E-state index in [1.165, 1.54) is 6.21 Å². The quantitative estimate of drug-likeness (QED) is 0.413. The van der Waals surface area contributed by atoms with Gasteiger partial charge in [0.2, 0.25) is 5.96 Å². The Labute approximate surface area is 87.7 Å². The van der Waals surface area contributed by atoms with Gasteiger partial charge in [0.05, 0.1) is 17.8 Å². The summed E-state index contributed by atoms with van der Waals surface area (Å²) in [7, 11) is 0. The molecule has 1 rings (SSSR count). The van der Waals surface area contributed by atoms with Gasteiger partial charge < -0.3 is 11.5 Å². The van der Waals surface area contributed by atoms with Crippen LogP contribution in [-0.4, -0.2) is 12.2 Å². The van der Waals surface area contributed by atoms with Crippen LogP contribution < -0.4 is 11.5 Å². The fraction of sp³-hybridized carbons (Fsp3) is 0.100. The zero-order valence-corrected chi connectivity index (χ0v) is 8.31. The van der Waals surface area contributed by atoms with Crippen LogP contribution in [0, 0.1) is 18.3 Å². The van der Waals surface area contributed by atoms with Crippen LogP contribution in [-0.2, 0) is 0 Å². The van der Waals surface area contributed by atoms with E-state index in [1.807, 2.05) is 19.1 Å². The summed E-state index contributed by atoms with van der Waals surface area (Å²) in [6.07, 6.45) is 1.51. The summed E-state index contributed by atoms with van der Waals surface area (Å²) in [4.78, 5) is 0. The summed E-state index contributed by atoms with van der Waals surface area (Å²) in [5.41, 5.74) is 12.6. The Hall–Kier alpha value is -2.35. The van der Waals surface area contributed by atoms with Gasteiger partial charge in [-0.1, -0.05) is 6.07 Å². The molecule has 0 aromatic heterocycles. The standard InChI is InChI=1S/C10H11N5/c1-7-2-3-8(5-11)4-9(7)6-14-15-10(12)13/h2-4,6H,1H3,(H4,12,13,15). The Morgan fingerprint density at radius 3 is 2.80 bits per heavy atom. The van der Waals surface area contributed by atoms with Gasteiger partial charge in [-0.05, 0) is 30.2 Å².